The van der Waals surface area contributed by atoms with Gasteiger partial charge in [0, 0.05) is 9.85 Å². The van der Waals surface area contributed by atoms with Crippen molar-refractivity contribution >= 4 is 61.5 Å². The van der Waals surface area contributed by atoms with Gasteiger partial charge in [-0.2, -0.15) is 5.26 Å². The molecule has 1 aromatic heterocycles. The quantitative estimate of drug-likeness (QED) is 0.721. The molecular formula is C12H6BrIN2OS. The summed E-state index contributed by atoms with van der Waals surface area (Å²) in [6.45, 7) is 0. The summed E-state index contributed by atoms with van der Waals surface area (Å²) in [7, 11) is 0. The third-order valence-electron chi connectivity index (χ3n) is 2.18. The first-order valence-corrected chi connectivity index (χ1v) is 7.60. The van der Waals surface area contributed by atoms with Crippen LogP contribution in [0.2, 0.25) is 0 Å². The van der Waals surface area contributed by atoms with Crippen molar-refractivity contribution in [3.05, 3.63) is 48.1 Å². The monoisotopic (exact) mass is 432 g/mol. The Morgan fingerprint density at radius 2 is 2.22 bits per heavy atom. The fourth-order valence-corrected chi connectivity index (χ4v) is 3.03. The molecular weight excluding hydrogens is 427 g/mol. The van der Waals surface area contributed by atoms with Crippen molar-refractivity contribution < 1.29 is 4.79 Å². The number of halogens is 2. The van der Waals surface area contributed by atoms with E-state index in [0.29, 0.717) is 16.8 Å². The molecule has 1 N–H and O–H groups in total. The Bertz CT molecular complexity index is 648. The van der Waals surface area contributed by atoms with Gasteiger partial charge in [0.05, 0.1) is 19.7 Å². The van der Waals surface area contributed by atoms with Crippen LogP contribution in [0.3, 0.4) is 0 Å². The van der Waals surface area contributed by atoms with Gasteiger partial charge in [-0.3, -0.25) is 4.79 Å². The van der Waals surface area contributed by atoms with Crippen molar-refractivity contribution in [3.63, 3.8) is 0 Å². The molecule has 6 heteroatoms. The predicted molar refractivity (Wildman–Crippen MR) is 83.8 cm³/mol. The van der Waals surface area contributed by atoms with Gasteiger partial charge in [0.15, 0.2) is 0 Å². The van der Waals surface area contributed by atoms with Gasteiger partial charge >= 0.3 is 0 Å². The third kappa shape index (κ3) is 3.10. The topological polar surface area (TPSA) is 52.9 Å². The van der Waals surface area contributed by atoms with Gasteiger partial charge in [0.25, 0.3) is 5.91 Å². The second-order valence-electron chi connectivity index (χ2n) is 3.40. The van der Waals surface area contributed by atoms with Crippen LogP contribution < -0.4 is 5.32 Å². The highest BCUT2D eigenvalue weighted by Crippen LogP contribution is 2.23. The number of nitriles is 1. The molecule has 0 bridgehead atoms. The zero-order valence-electron chi connectivity index (χ0n) is 8.91. The Hall–Kier alpha value is -0.910. The number of amides is 1. The van der Waals surface area contributed by atoms with Crippen LogP contribution >= 0.6 is 49.9 Å². The van der Waals surface area contributed by atoms with E-state index in [1.807, 2.05) is 6.07 Å². The second-order valence-corrected chi connectivity index (χ2v) is 7.12. The largest absolute Gasteiger partial charge is 0.321 e. The maximum absolute atomic E-state index is 12.0. The number of carbonyl (C=O) groups is 1. The van der Waals surface area contributed by atoms with Crippen molar-refractivity contribution in [1.29, 1.82) is 5.26 Å². The molecule has 0 aliphatic carbocycles. The van der Waals surface area contributed by atoms with Gasteiger partial charge in [0.1, 0.15) is 6.07 Å². The van der Waals surface area contributed by atoms with E-state index in [-0.39, 0.29) is 5.91 Å². The number of anilines is 1. The summed E-state index contributed by atoms with van der Waals surface area (Å²) >= 11 is 6.99. The van der Waals surface area contributed by atoms with Crippen molar-refractivity contribution in [2.45, 2.75) is 0 Å². The Morgan fingerprint density at radius 1 is 1.44 bits per heavy atom. The Labute approximate surface area is 130 Å². The summed E-state index contributed by atoms with van der Waals surface area (Å²) in [5.41, 5.74) is 1.56. The fourth-order valence-electron chi connectivity index (χ4n) is 1.34. The molecule has 0 fully saturated rings. The van der Waals surface area contributed by atoms with Gasteiger partial charge in [-0.05, 0) is 46.9 Å². The number of nitrogens with one attached hydrogen (secondary N) is 1. The van der Waals surface area contributed by atoms with Gasteiger partial charge < -0.3 is 5.32 Å². The number of benzene rings is 1. The summed E-state index contributed by atoms with van der Waals surface area (Å²) in [6, 6.07) is 9.01. The number of hydrogen-bond acceptors (Lipinski definition) is 3. The first kappa shape index (κ1) is 13.5. The molecule has 0 spiro atoms. The molecule has 1 aromatic carbocycles. The van der Waals surface area contributed by atoms with Gasteiger partial charge in [0.2, 0.25) is 0 Å². The number of carbonyl (C=O) groups excluding carboxylic acids is 1. The SMILES string of the molecule is N#Cc1ccc(Br)cc1NC(=O)c1csc(I)c1. The van der Waals surface area contributed by atoms with E-state index in [1.54, 1.807) is 23.6 Å². The van der Waals surface area contributed by atoms with Crippen LogP contribution in [0.25, 0.3) is 0 Å². The number of hydrogen-bond donors (Lipinski definition) is 1. The van der Waals surface area contributed by atoms with Crippen LogP contribution in [0.15, 0.2) is 34.1 Å². The smallest absolute Gasteiger partial charge is 0.256 e. The highest BCUT2D eigenvalue weighted by molar-refractivity contribution is 14.1. The zero-order chi connectivity index (χ0) is 13.1. The van der Waals surface area contributed by atoms with Crippen molar-refractivity contribution in [2.75, 3.05) is 5.32 Å². The summed E-state index contributed by atoms with van der Waals surface area (Å²) in [5.74, 6) is -0.205. The molecule has 1 heterocycles. The predicted octanol–water partition coefficient (Wildman–Crippen LogP) is 4.24. The lowest BCUT2D eigenvalue weighted by atomic mass is 10.2. The molecule has 0 saturated heterocycles. The minimum atomic E-state index is -0.205. The van der Waals surface area contributed by atoms with E-state index >= 15 is 0 Å². The van der Waals surface area contributed by atoms with Crippen LogP contribution in [0.1, 0.15) is 15.9 Å². The molecule has 0 aliphatic heterocycles. The van der Waals surface area contributed by atoms with Gasteiger partial charge in [-0.25, -0.2) is 0 Å². The summed E-state index contributed by atoms with van der Waals surface area (Å²) in [6.07, 6.45) is 0. The normalized spacial score (nSPS) is 9.83. The molecule has 1 amide bonds. The standard InChI is InChI=1S/C12H6BrIN2OS/c13-9-2-1-7(5-15)10(4-9)16-12(17)8-3-11(14)18-6-8/h1-4,6H,(H,16,17). The second kappa shape index (κ2) is 5.82. The summed E-state index contributed by atoms with van der Waals surface area (Å²) in [4.78, 5) is 12.0. The Kier molecular flexibility index (Phi) is 4.37. The first-order chi connectivity index (χ1) is 8.60. The summed E-state index contributed by atoms with van der Waals surface area (Å²) in [5, 5.41) is 13.5. The van der Waals surface area contributed by atoms with Gasteiger partial charge in [-0.1, -0.05) is 15.9 Å². The molecule has 18 heavy (non-hydrogen) atoms. The molecule has 2 aromatic rings. The van der Waals surface area contributed by atoms with Crippen LogP contribution in [0.5, 0.6) is 0 Å². The molecule has 0 aliphatic rings. The average molecular weight is 433 g/mol. The van der Waals surface area contributed by atoms with Gasteiger partial charge in [-0.15, -0.1) is 11.3 Å². The third-order valence-corrected chi connectivity index (χ3v) is 4.46. The molecule has 0 radical (unpaired) electrons. The van der Waals surface area contributed by atoms with Crippen LogP contribution in [0.4, 0.5) is 5.69 Å². The van der Waals surface area contributed by atoms with Crippen molar-refractivity contribution in [3.8, 4) is 6.07 Å². The number of thiophene rings is 1. The highest BCUT2D eigenvalue weighted by Gasteiger charge is 2.11. The molecule has 0 saturated carbocycles. The molecule has 2 rings (SSSR count). The van der Waals surface area contributed by atoms with Crippen molar-refractivity contribution in [2.24, 2.45) is 0 Å². The Morgan fingerprint density at radius 3 is 2.83 bits per heavy atom. The lowest BCUT2D eigenvalue weighted by Crippen LogP contribution is -2.11. The number of nitrogens with zero attached hydrogens (tertiary/aromatic N) is 1. The number of rotatable bonds is 2. The lowest BCUT2D eigenvalue weighted by molar-refractivity contribution is 0.102. The minimum Gasteiger partial charge on any atom is -0.321 e. The van der Waals surface area contributed by atoms with E-state index in [4.69, 9.17) is 5.26 Å². The first-order valence-electron chi connectivity index (χ1n) is 4.85. The Balaban J connectivity index is 2.27. The maximum Gasteiger partial charge on any atom is 0.256 e. The zero-order valence-corrected chi connectivity index (χ0v) is 13.5. The molecule has 0 unspecified atom stereocenters. The maximum atomic E-state index is 12.0. The molecule has 90 valence electrons. The van der Waals surface area contributed by atoms with E-state index in [2.05, 4.69) is 49.9 Å². The average Bonchev–Trinajstić information content (AvgIpc) is 2.76. The highest BCUT2D eigenvalue weighted by atomic mass is 127. The minimum absolute atomic E-state index is 0.205. The van der Waals surface area contributed by atoms with E-state index in [9.17, 15) is 4.79 Å². The van der Waals surface area contributed by atoms with E-state index < -0.39 is 0 Å². The molecule has 3 nitrogen and oxygen atoms in total. The summed E-state index contributed by atoms with van der Waals surface area (Å²) < 4.78 is 1.86. The fraction of sp³-hybridized carbons (Fsp3) is 0. The van der Waals surface area contributed by atoms with Crippen molar-refractivity contribution in [1.82, 2.24) is 0 Å². The lowest BCUT2D eigenvalue weighted by Gasteiger charge is -2.06. The van der Waals surface area contributed by atoms with E-state index in [0.717, 1.165) is 7.36 Å². The van der Waals surface area contributed by atoms with Crippen LogP contribution in [0, 0.1) is 14.2 Å². The van der Waals surface area contributed by atoms with E-state index in [1.165, 1.54) is 11.3 Å². The molecule has 0 atom stereocenters. The van der Waals surface area contributed by atoms with Crippen LogP contribution in [-0.4, -0.2) is 5.91 Å². The van der Waals surface area contributed by atoms with Crippen LogP contribution in [-0.2, 0) is 0 Å².